The van der Waals surface area contributed by atoms with Gasteiger partial charge in [0.05, 0.1) is 26.3 Å². The zero-order valence-corrected chi connectivity index (χ0v) is 17.7. The number of azo groups is 1. The molecule has 29 heavy (non-hydrogen) atoms. The van der Waals surface area contributed by atoms with Gasteiger partial charge >= 0.3 is 0 Å². The largest absolute Gasteiger partial charge is 0.372 e. The quantitative estimate of drug-likeness (QED) is 0.694. The van der Waals surface area contributed by atoms with Gasteiger partial charge in [0.15, 0.2) is 6.17 Å². The molecule has 2 aromatic carbocycles. The van der Waals surface area contributed by atoms with E-state index < -0.39 is 10.2 Å². The SMILES string of the molecule is CCN(CC)c1ccc(N=NC2c3ccccc3N(C)N2C)cc1.[O-][Cl+3]([O-])([O-])O. The first-order chi connectivity index (χ1) is 13.7. The number of halogens is 1. The Kier molecular flexibility index (Phi) is 7.91. The van der Waals surface area contributed by atoms with E-state index in [0.717, 1.165) is 18.8 Å². The van der Waals surface area contributed by atoms with Crippen LogP contribution in [-0.4, -0.2) is 36.9 Å². The van der Waals surface area contributed by atoms with Gasteiger partial charge in [-0.25, -0.2) is 0 Å². The van der Waals surface area contributed by atoms with Crippen molar-refractivity contribution in [2.75, 3.05) is 37.1 Å². The summed E-state index contributed by atoms with van der Waals surface area (Å²) in [5.41, 5.74) is 4.47. The highest BCUT2D eigenvalue weighted by Gasteiger charge is 2.31. The smallest absolute Gasteiger partial charge is 0.167 e. The Balaban J connectivity index is 0.000000537. The van der Waals surface area contributed by atoms with Gasteiger partial charge in [0, 0.05) is 38.4 Å². The third-order valence-electron chi connectivity index (χ3n) is 4.65. The molecule has 0 bridgehead atoms. The molecule has 0 saturated carbocycles. The second-order valence-electron chi connectivity index (χ2n) is 6.33. The summed E-state index contributed by atoms with van der Waals surface area (Å²) in [6.07, 6.45) is -0.0753. The predicted octanol–water partition coefficient (Wildman–Crippen LogP) is 0.488. The maximum atomic E-state index is 8.60. The Labute approximate surface area is 172 Å². The lowest BCUT2D eigenvalue weighted by atomic mass is 10.1. The van der Waals surface area contributed by atoms with Gasteiger partial charge in [0.1, 0.15) is 0 Å². The van der Waals surface area contributed by atoms with Gasteiger partial charge in [0.2, 0.25) is 0 Å². The maximum absolute atomic E-state index is 8.60. The van der Waals surface area contributed by atoms with Gasteiger partial charge in [-0.3, -0.25) is 0 Å². The first-order valence-corrected chi connectivity index (χ1v) is 10.4. The average Bonchev–Trinajstić information content (AvgIpc) is 2.92. The second kappa shape index (κ2) is 9.97. The monoisotopic (exact) mass is 423 g/mol. The number of para-hydroxylation sites is 1. The normalized spacial score (nSPS) is 16.6. The minimum atomic E-state index is -4.69. The molecule has 1 atom stereocenters. The van der Waals surface area contributed by atoms with Crippen LogP contribution in [-0.2, 0) is 0 Å². The number of anilines is 2. The minimum Gasteiger partial charge on any atom is -0.372 e. The number of hydrazine groups is 1. The highest BCUT2D eigenvalue weighted by atomic mass is 35.7. The van der Waals surface area contributed by atoms with Crippen molar-refractivity contribution in [1.29, 1.82) is 0 Å². The summed E-state index contributed by atoms with van der Waals surface area (Å²) in [6, 6.07) is 16.6. The number of hydrogen-bond acceptors (Lipinski definition) is 9. The predicted molar refractivity (Wildman–Crippen MR) is 102 cm³/mol. The molecule has 0 amide bonds. The summed E-state index contributed by atoms with van der Waals surface area (Å²) in [4.78, 5) is 2.32. The van der Waals surface area contributed by atoms with Crippen LogP contribution in [0.1, 0.15) is 25.6 Å². The average molecular weight is 424 g/mol. The topological polar surface area (TPSA) is 124 Å². The summed E-state index contributed by atoms with van der Waals surface area (Å²) in [5, 5.41) is 13.2. The number of rotatable bonds is 5. The molecule has 10 heteroatoms. The molecular formula is C19H26ClN5O4. The van der Waals surface area contributed by atoms with Crippen molar-refractivity contribution in [2.24, 2.45) is 10.2 Å². The van der Waals surface area contributed by atoms with E-state index in [9.17, 15) is 0 Å². The second-order valence-corrected chi connectivity index (χ2v) is 7.12. The van der Waals surface area contributed by atoms with Crippen LogP contribution in [0.4, 0.5) is 17.1 Å². The molecule has 0 aromatic heterocycles. The molecule has 2 aromatic rings. The van der Waals surface area contributed by atoms with Gasteiger partial charge < -0.3 is 9.91 Å². The minimum absolute atomic E-state index is 0.0753. The lowest BCUT2D eigenvalue weighted by Crippen LogP contribution is -2.58. The summed E-state index contributed by atoms with van der Waals surface area (Å²) in [5.74, 6) is 0. The number of fused-ring (bicyclic) bond motifs is 1. The van der Waals surface area contributed by atoms with E-state index in [1.54, 1.807) is 0 Å². The van der Waals surface area contributed by atoms with Gasteiger partial charge in [-0.05, 0) is 44.2 Å². The van der Waals surface area contributed by atoms with Gasteiger partial charge in [-0.1, -0.05) is 18.2 Å². The van der Waals surface area contributed by atoms with E-state index in [-0.39, 0.29) is 6.17 Å². The summed E-state index contributed by atoms with van der Waals surface area (Å²) >= 11 is 0. The summed E-state index contributed by atoms with van der Waals surface area (Å²) in [6.45, 7) is 6.35. The van der Waals surface area contributed by atoms with E-state index in [4.69, 9.17) is 18.6 Å². The number of nitrogens with zero attached hydrogens (tertiary/aromatic N) is 5. The molecule has 9 nitrogen and oxygen atoms in total. The van der Waals surface area contributed by atoms with Crippen LogP contribution >= 0.6 is 0 Å². The Hall–Kier alpha value is -2.27. The van der Waals surface area contributed by atoms with Gasteiger partial charge in [-0.2, -0.15) is 29.2 Å². The van der Waals surface area contributed by atoms with Crippen LogP contribution in [0.5, 0.6) is 0 Å². The highest BCUT2D eigenvalue weighted by molar-refractivity contribution is 5.57. The molecular weight excluding hydrogens is 398 g/mol. The zero-order valence-electron chi connectivity index (χ0n) is 16.9. The van der Waals surface area contributed by atoms with Crippen molar-refractivity contribution in [3.8, 4) is 0 Å². The van der Waals surface area contributed by atoms with Crippen LogP contribution in [0.25, 0.3) is 0 Å². The van der Waals surface area contributed by atoms with Crippen molar-refractivity contribution in [3.63, 3.8) is 0 Å². The van der Waals surface area contributed by atoms with Crippen LogP contribution in [0.2, 0.25) is 0 Å². The fourth-order valence-electron chi connectivity index (χ4n) is 3.11. The Morgan fingerprint density at radius 3 is 2.10 bits per heavy atom. The summed E-state index contributed by atoms with van der Waals surface area (Å²) in [7, 11) is -0.611. The zero-order chi connectivity index (χ0) is 21.6. The molecule has 1 aliphatic heterocycles. The molecule has 1 N–H and O–H groups in total. The molecule has 0 radical (unpaired) electrons. The van der Waals surface area contributed by atoms with Crippen LogP contribution in [0, 0.1) is 10.2 Å². The van der Waals surface area contributed by atoms with Crippen molar-refractivity contribution in [3.05, 3.63) is 54.1 Å². The van der Waals surface area contributed by atoms with Gasteiger partial charge in [-0.15, -0.1) is 0 Å². The Morgan fingerprint density at radius 1 is 1.00 bits per heavy atom. The summed E-state index contributed by atoms with van der Waals surface area (Å²) < 4.78 is 32.7. The highest BCUT2D eigenvalue weighted by Crippen LogP contribution is 2.39. The van der Waals surface area contributed by atoms with Gasteiger partial charge in [0.25, 0.3) is 0 Å². The van der Waals surface area contributed by atoms with Crippen molar-refractivity contribution < 1.29 is 28.9 Å². The molecule has 0 spiro atoms. The van der Waals surface area contributed by atoms with E-state index in [1.165, 1.54) is 16.9 Å². The first kappa shape index (κ1) is 23.0. The lowest BCUT2D eigenvalue weighted by Gasteiger charge is -2.23. The fourth-order valence-corrected chi connectivity index (χ4v) is 3.11. The maximum Gasteiger partial charge on any atom is 0.167 e. The molecule has 0 fully saturated rings. The number of hydrogen-bond donors (Lipinski definition) is 1. The Morgan fingerprint density at radius 2 is 1.55 bits per heavy atom. The fraction of sp³-hybridized carbons (Fsp3) is 0.368. The van der Waals surface area contributed by atoms with E-state index in [1.807, 2.05) is 32.3 Å². The van der Waals surface area contributed by atoms with E-state index in [2.05, 4.69) is 69.3 Å². The lowest BCUT2D eigenvalue weighted by molar-refractivity contribution is -1.92. The van der Waals surface area contributed by atoms with Crippen molar-refractivity contribution >= 4 is 17.1 Å². The molecule has 1 heterocycles. The first-order valence-electron chi connectivity index (χ1n) is 9.10. The third kappa shape index (κ3) is 6.36. The van der Waals surface area contributed by atoms with E-state index >= 15 is 0 Å². The molecule has 158 valence electrons. The standard InChI is InChI=1S/C19H25N5.ClHO4/c1-5-24(6-2)16-13-11-15(12-14-16)20-21-19-17-9-7-8-10-18(17)22(3)23(19)4;2-1(3,4)5/h7-14,19H,5-6H2,1-4H3;(H,2,3,4,5). The van der Waals surface area contributed by atoms with Crippen LogP contribution in [0.15, 0.2) is 58.8 Å². The van der Waals surface area contributed by atoms with E-state index in [0.29, 0.717) is 0 Å². The molecule has 1 unspecified atom stereocenters. The third-order valence-corrected chi connectivity index (χ3v) is 4.65. The molecule has 1 aliphatic rings. The molecule has 3 rings (SSSR count). The van der Waals surface area contributed by atoms with Crippen LogP contribution in [0.3, 0.4) is 0 Å². The Bertz CT molecular complexity index is 803. The molecule has 0 saturated heterocycles. The van der Waals surface area contributed by atoms with Crippen molar-refractivity contribution in [1.82, 2.24) is 5.01 Å². The molecule has 0 aliphatic carbocycles. The van der Waals surface area contributed by atoms with Crippen LogP contribution < -0.4 is 23.9 Å². The van der Waals surface area contributed by atoms with Crippen molar-refractivity contribution in [2.45, 2.75) is 20.0 Å². The number of benzene rings is 2.